The lowest BCUT2D eigenvalue weighted by Crippen LogP contribution is -2.62. The van der Waals surface area contributed by atoms with Gasteiger partial charge >= 0.3 is 0 Å². The van der Waals surface area contributed by atoms with E-state index < -0.39 is 68.2 Å². The van der Waals surface area contributed by atoms with E-state index in [-0.39, 0.29) is 0 Å². The van der Waals surface area contributed by atoms with E-state index in [4.69, 9.17) is 0 Å². The third kappa shape index (κ3) is 10.1. The molecule has 0 amide bonds. The third-order valence-electron chi connectivity index (χ3n) is 18.7. The first-order valence-corrected chi connectivity index (χ1v) is 31.0. The highest BCUT2D eigenvalue weighted by Gasteiger charge is 2.71. The molecule has 466 valence electrons. The summed E-state index contributed by atoms with van der Waals surface area (Å²) < 4.78 is 121. The van der Waals surface area contributed by atoms with E-state index in [1.54, 1.807) is 97.1 Å². The van der Waals surface area contributed by atoms with E-state index in [2.05, 4.69) is 90.1 Å². The maximum atomic E-state index is 15.1. The normalized spacial score (nSPS) is 13.4. The van der Waals surface area contributed by atoms with Gasteiger partial charge in [0.15, 0.2) is 0 Å². The van der Waals surface area contributed by atoms with Crippen LogP contribution in [0.25, 0.3) is 22.3 Å². The number of nitrogens with zero attached hydrogens (tertiary/aromatic N) is 4. The second-order valence-corrected chi connectivity index (χ2v) is 26.1. The van der Waals surface area contributed by atoms with Crippen molar-refractivity contribution in [2.45, 2.75) is 52.4 Å². The van der Waals surface area contributed by atoms with Gasteiger partial charge in [-0.1, -0.05) is 65.8 Å². The summed E-state index contributed by atoms with van der Waals surface area (Å²) in [5.41, 5.74) is 10.2. The number of rotatable bonds is 13. The molecule has 0 bridgehead atoms. The van der Waals surface area contributed by atoms with Crippen LogP contribution in [-0.4, -0.2) is 0 Å². The van der Waals surface area contributed by atoms with Gasteiger partial charge in [-0.3, -0.25) is 0 Å². The van der Waals surface area contributed by atoms with Crippen molar-refractivity contribution in [3.05, 3.63) is 336 Å². The number of hydrogen-bond acceptors (Lipinski definition) is 4. The molecule has 94 heavy (non-hydrogen) atoms. The van der Waals surface area contributed by atoms with Gasteiger partial charge in [0.1, 0.15) is 46.5 Å². The Morgan fingerprint density at radius 2 is 0.319 bits per heavy atom. The minimum Gasteiger partial charge on any atom is -0.310 e. The van der Waals surface area contributed by atoms with Gasteiger partial charge in [0, 0.05) is 79.1 Å². The molecule has 0 aliphatic heterocycles. The van der Waals surface area contributed by atoms with E-state index in [0.717, 1.165) is 44.5 Å². The molecule has 12 aromatic rings. The van der Waals surface area contributed by atoms with Crippen molar-refractivity contribution in [1.82, 2.24) is 0 Å². The molecule has 12 aromatic carbocycles. The van der Waals surface area contributed by atoms with E-state index in [1.165, 1.54) is 97.1 Å². The van der Waals surface area contributed by atoms with Gasteiger partial charge in [0.2, 0.25) is 0 Å². The zero-order valence-corrected chi connectivity index (χ0v) is 52.2. The van der Waals surface area contributed by atoms with Gasteiger partial charge in [-0.05, 0) is 298 Å². The molecule has 0 unspecified atom stereocenters. The molecule has 14 rings (SSSR count). The lowest BCUT2D eigenvalue weighted by molar-refractivity contribution is 0.0594. The molecular formula is C82H62F8N4. The van der Waals surface area contributed by atoms with E-state index in [1.807, 2.05) is 43.9 Å². The van der Waals surface area contributed by atoms with Crippen LogP contribution in [0, 0.1) is 57.4 Å². The molecule has 2 aliphatic rings. The number of halogens is 8. The summed E-state index contributed by atoms with van der Waals surface area (Å²) in [5.74, 6) is -3.52. The maximum absolute atomic E-state index is 15.1. The zero-order valence-electron chi connectivity index (χ0n) is 52.2. The minimum absolute atomic E-state index is 0.440. The van der Waals surface area contributed by atoms with Crippen molar-refractivity contribution < 1.29 is 35.1 Å². The maximum Gasteiger partial charge on any atom is 0.123 e. The van der Waals surface area contributed by atoms with Crippen LogP contribution < -0.4 is 19.6 Å². The molecule has 0 saturated heterocycles. The van der Waals surface area contributed by atoms with E-state index in [9.17, 15) is 0 Å². The van der Waals surface area contributed by atoms with Crippen LogP contribution in [0.3, 0.4) is 0 Å². The van der Waals surface area contributed by atoms with Crippen LogP contribution in [0.5, 0.6) is 0 Å². The second kappa shape index (κ2) is 23.1. The van der Waals surface area contributed by atoms with Gasteiger partial charge in [-0.25, -0.2) is 35.1 Å². The monoisotopic (exact) mass is 1250 g/mol. The molecule has 0 radical (unpaired) electrons. The number of benzene rings is 12. The standard InChI is InChI=1S/C82H62F8N4/c1-79(2,3)81(75-47-67(91(59-23-7-51(83)8-24-59)60-25-9-52(84)10-26-60)39-43-71(75)72-44-40-68(48-76(72)81)92(61-27-11-53(85)12-28-61)62-29-13-54(86)14-30-62)82(80(4,5)6)77-49-69(93(63-31-15-55(87)16-32-63)64-33-17-56(88)18-34-64)41-45-73(77)74-46-42-70(50-78(74)82)94(65-35-19-57(89)20-36-65)66-37-21-58(90)22-38-66/h7-50H,1-6H3. The quantitative estimate of drug-likeness (QED) is 0.107. The van der Waals surface area contributed by atoms with Crippen LogP contribution in [-0.2, 0) is 10.8 Å². The largest absolute Gasteiger partial charge is 0.310 e. The van der Waals surface area contributed by atoms with E-state index in [0.29, 0.717) is 68.2 Å². The van der Waals surface area contributed by atoms with Crippen LogP contribution >= 0.6 is 0 Å². The van der Waals surface area contributed by atoms with Gasteiger partial charge in [-0.15, -0.1) is 0 Å². The molecule has 0 heterocycles. The Morgan fingerprint density at radius 1 is 0.191 bits per heavy atom. The Labute approximate surface area is 541 Å². The molecule has 12 heteroatoms. The smallest absolute Gasteiger partial charge is 0.123 e. The van der Waals surface area contributed by atoms with Crippen molar-refractivity contribution in [3.8, 4) is 22.3 Å². The van der Waals surface area contributed by atoms with Gasteiger partial charge < -0.3 is 19.6 Å². The van der Waals surface area contributed by atoms with Crippen molar-refractivity contribution in [1.29, 1.82) is 0 Å². The van der Waals surface area contributed by atoms with Crippen LogP contribution in [0.15, 0.2) is 267 Å². The number of fused-ring (bicyclic) bond motifs is 6. The Balaban J connectivity index is 1.16. The molecule has 0 atom stereocenters. The SMILES string of the molecule is CC(C)(C)C1(C2(C(C)(C)C)c3cc(N(c4ccc(F)cc4)c4ccc(F)cc4)ccc3-c3ccc(N(c4ccc(F)cc4)c4ccc(F)cc4)cc32)c2cc(N(c3ccc(F)cc3)c3ccc(F)cc3)ccc2-c2ccc(N(c3ccc(F)cc3)c3ccc(F)cc3)cc21. The highest BCUT2D eigenvalue weighted by Crippen LogP contribution is 2.76. The summed E-state index contributed by atoms with van der Waals surface area (Å²) in [5, 5.41) is 0. The summed E-state index contributed by atoms with van der Waals surface area (Å²) in [7, 11) is 0. The first-order valence-electron chi connectivity index (χ1n) is 31.0. The van der Waals surface area contributed by atoms with Gasteiger partial charge in [0.25, 0.3) is 0 Å². The predicted molar refractivity (Wildman–Crippen MR) is 363 cm³/mol. The molecule has 0 spiro atoms. The fourth-order valence-corrected chi connectivity index (χ4v) is 15.2. The van der Waals surface area contributed by atoms with E-state index >= 15 is 35.1 Å². The van der Waals surface area contributed by atoms with Crippen molar-refractivity contribution in [3.63, 3.8) is 0 Å². The summed E-state index contributed by atoms with van der Waals surface area (Å²) >= 11 is 0. The van der Waals surface area contributed by atoms with Crippen molar-refractivity contribution in [2.24, 2.45) is 10.8 Å². The lowest BCUT2D eigenvalue weighted by atomic mass is 9.39. The highest BCUT2D eigenvalue weighted by atomic mass is 19.2. The Bertz CT molecular complexity index is 4030. The second-order valence-electron chi connectivity index (χ2n) is 26.1. The fraction of sp³-hybridized carbons (Fsp3) is 0.122. The molecular weight excluding hydrogens is 1190 g/mol. The molecule has 0 saturated carbocycles. The highest BCUT2D eigenvalue weighted by molar-refractivity contribution is 5.96. The molecule has 4 nitrogen and oxygen atoms in total. The average Bonchev–Trinajstić information content (AvgIpc) is 1.44. The predicted octanol–water partition coefficient (Wildman–Crippen LogP) is 24.0. The molecule has 0 N–H and O–H groups in total. The van der Waals surface area contributed by atoms with Crippen molar-refractivity contribution >= 4 is 68.2 Å². The Hall–Kier alpha value is -10.7. The van der Waals surface area contributed by atoms with Crippen molar-refractivity contribution in [2.75, 3.05) is 19.6 Å². The van der Waals surface area contributed by atoms with Crippen LogP contribution in [0.1, 0.15) is 63.8 Å². The first kappa shape index (κ1) is 60.8. The fourth-order valence-electron chi connectivity index (χ4n) is 15.2. The number of hydrogen-bond donors (Lipinski definition) is 0. The van der Waals surface area contributed by atoms with Gasteiger partial charge in [0.05, 0.1) is 0 Å². The molecule has 0 aromatic heterocycles. The third-order valence-corrected chi connectivity index (χ3v) is 18.7. The average molecular weight is 1260 g/mol. The minimum atomic E-state index is -1.28. The van der Waals surface area contributed by atoms with Crippen LogP contribution in [0.2, 0.25) is 0 Å². The molecule has 0 fully saturated rings. The molecule has 2 aliphatic carbocycles. The lowest BCUT2D eigenvalue weighted by Gasteiger charge is -2.62. The summed E-state index contributed by atoms with van der Waals surface area (Å²) in [4.78, 5) is 7.92. The summed E-state index contributed by atoms with van der Waals surface area (Å²) in [6.45, 7) is 13.5. The Kier molecular flexibility index (Phi) is 15.0. The Morgan fingerprint density at radius 3 is 0.447 bits per heavy atom. The topological polar surface area (TPSA) is 13.0 Å². The van der Waals surface area contributed by atoms with Gasteiger partial charge in [-0.2, -0.15) is 0 Å². The number of anilines is 12. The summed E-state index contributed by atoms with van der Waals surface area (Å²) in [6, 6.07) is 74.7. The van der Waals surface area contributed by atoms with Crippen LogP contribution in [0.4, 0.5) is 103 Å². The first-order chi connectivity index (χ1) is 45.1. The summed E-state index contributed by atoms with van der Waals surface area (Å²) in [6.07, 6.45) is 0. The zero-order chi connectivity index (χ0) is 65.6.